The maximum atomic E-state index is 14.1. The first-order valence-electron chi connectivity index (χ1n) is 5.68. The van der Waals surface area contributed by atoms with Crippen LogP contribution in [0.4, 0.5) is 4.39 Å². The first-order chi connectivity index (χ1) is 8.25. The Morgan fingerprint density at radius 2 is 2.41 bits per heavy atom. The number of hydrogen-bond donors (Lipinski definition) is 0. The van der Waals surface area contributed by atoms with Crippen molar-refractivity contribution in [3.63, 3.8) is 0 Å². The molecule has 2 atom stereocenters. The van der Waals surface area contributed by atoms with E-state index in [1.165, 1.54) is 0 Å². The van der Waals surface area contributed by atoms with Crippen LogP contribution in [0.1, 0.15) is 17.5 Å². The highest BCUT2D eigenvalue weighted by atomic mass is 32.2. The minimum Gasteiger partial charge on any atom is -0.378 e. The van der Waals surface area contributed by atoms with Crippen LogP contribution in [0, 0.1) is 11.3 Å². The van der Waals surface area contributed by atoms with E-state index in [4.69, 9.17) is 10.00 Å². The van der Waals surface area contributed by atoms with E-state index in [9.17, 15) is 4.39 Å². The molecule has 0 bridgehead atoms. The van der Waals surface area contributed by atoms with Gasteiger partial charge < -0.3 is 4.74 Å². The molecule has 0 amide bonds. The molecule has 0 N–H and O–H groups in total. The summed E-state index contributed by atoms with van der Waals surface area (Å²) in [7, 11) is 0. The predicted molar refractivity (Wildman–Crippen MR) is 63.8 cm³/mol. The van der Waals surface area contributed by atoms with Crippen LogP contribution in [0.2, 0.25) is 0 Å². The molecule has 1 saturated heterocycles. The molecule has 2 heterocycles. The minimum atomic E-state index is -0.944. The van der Waals surface area contributed by atoms with E-state index in [1.54, 1.807) is 11.8 Å². The fraction of sp³-hybridized carbons (Fsp3) is 0.462. The zero-order valence-corrected chi connectivity index (χ0v) is 10.1. The summed E-state index contributed by atoms with van der Waals surface area (Å²) < 4.78 is 18.9. The van der Waals surface area contributed by atoms with Gasteiger partial charge in [-0.05, 0) is 30.5 Å². The number of thioether (sulfide) groups is 1. The summed E-state index contributed by atoms with van der Waals surface area (Å²) in [6, 6.07) is 7.86. The molecule has 1 spiro atoms. The Morgan fingerprint density at radius 3 is 3.18 bits per heavy atom. The monoisotopic (exact) mass is 249 g/mol. The molecule has 17 heavy (non-hydrogen) atoms. The molecular weight excluding hydrogens is 237 g/mol. The van der Waals surface area contributed by atoms with E-state index in [-0.39, 0.29) is 6.61 Å². The van der Waals surface area contributed by atoms with Gasteiger partial charge in [0.25, 0.3) is 0 Å². The van der Waals surface area contributed by atoms with E-state index >= 15 is 0 Å². The molecule has 2 aliphatic heterocycles. The first-order valence-corrected chi connectivity index (χ1v) is 6.50. The Bertz CT molecular complexity index is 499. The summed E-state index contributed by atoms with van der Waals surface area (Å²) in [4.78, 5) is 1.06. The normalized spacial score (nSPS) is 31.2. The van der Waals surface area contributed by atoms with Gasteiger partial charge in [0.05, 0.1) is 23.0 Å². The van der Waals surface area contributed by atoms with Crippen LogP contribution in [0.15, 0.2) is 23.1 Å². The fourth-order valence-electron chi connectivity index (χ4n) is 2.56. The van der Waals surface area contributed by atoms with Crippen molar-refractivity contribution in [1.82, 2.24) is 0 Å². The van der Waals surface area contributed by atoms with E-state index < -0.39 is 10.9 Å². The molecule has 1 fully saturated rings. The number of fused-ring (bicyclic) bond motifs is 1. The van der Waals surface area contributed by atoms with Gasteiger partial charge in [-0.1, -0.05) is 6.07 Å². The molecule has 88 valence electrons. The van der Waals surface area contributed by atoms with Gasteiger partial charge in [0.15, 0.2) is 0 Å². The highest BCUT2D eigenvalue weighted by molar-refractivity contribution is 8.01. The largest absolute Gasteiger partial charge is 0.378 e. The number of halogens is 1. The van der Waals surface area contributed by atoms with Crippen LogP contribution in [-0.2, 0) is 11.2 Å². The van der Waals surface area contributed by atoms with E-state index in [1.807, 2.05) is 18.2 Å². The van der Waals surface area contributed by atoms with Crippen LogP contribution in [0.25, 0.3) is 0 Å². The van der Waals surface area contributed by atoms with Crippen molar-refractivity contribution in [2.24, 2.45) is 0 Å². The first kappa shape index (κ1) is 11.1. The number of rotatable bonds is 0. The minimum absolute atomic E-state index is 0.183. The average Bonchev–Trinajstić information content (AvgIpc) is 2.72. The van der Waals surface area contributed by atoms with Gasteiger partial charge in [0.2, 0.25) is 0 Å². The summed E-state index contributed by atoms with van der Waals surface area (Å²) in [5.41, 5.74) is 1.70. The molecular formula is C13H12FNOS. The third-order valence-corrected chi connectivity index (χ3v) is 5.16. The molecule has 1 aromatic carbocycles. The molecule has 0 saturated carbocycles. The Hall–Kier alpha value is -1.05. The van der Waals surface area contributed by atoms with Gasteiger partial charge in [-0.2, -0.15) is 5.26 Å². The number of benzene rings is 1. The third-order valence-electron chi connectivity index (χ3n) is 3.55. The Morgan fingerprint density at radius 1 is 1.53 bits per heavy atom. The molecule has 1 aromatic rings. The molecule has 2 unspecified atom stereocenters. The summed E-state index contributed by atoms with van der Waals surface area (Å²) in [5.74, 6) is 0. The highest BCUT2D eigenvalue weighted by Gasteiger charge is 2.47. The maximum absolute atomic E-state index is 14.1. The van der Waals surface area contributed by atoms with Crippen molar-refractivity contribution in [3.8, 4) is 6.07 Å². The number of alkyl halides is 1. The van der Waals surface area contributed by atoms with E-state index in [0.717, 1.165) is 16.9 Å². The second-order valence-electron chi connectivity index (χ2n) is 4.53. The van der Waals surface area contributed by atoms with Gasteiger partial charge >= 0.3 is 0 Å². The van der Waals surface area contributed by atoms with Crippen molar-refractivity contribution < 1.29 is 9.13 Å². The average molecular weight is 249 g/mol. The molecule has 0 aromatic heterocycles. The second kappa shape index (κ2) is 4.01. The summed E-state index contributed by atoms with van der Waals surface area (Å²) in [6.45, 7) is 0.798. The lowest BCUT2D eigenvalue weighted by atomic mass is 9.89. The van der Waals surface area contributed by atoms with E-state index in [2.05, 4.69) is 6.07 Å². The van der Waals surface area contributed by atoms with Crippen molar-refractivity contribution in [2.75, 3.05) is 13.2 Å². The molecule has 2 aliphatic rings. The molecule has 3 rings (SSSR count). The van der Waals surface area contributed by atoms with Crippen molar-refractivity contribution >= 4 is 11.8 Å². The molecule has 0 aliphatic carbocycles. The van der Waals surface area contributed by atoms with Gasteiger partial charge in [0.1, 0.15) is 6.17 Å². The topological polar surface area (TPSA) is 33.0 Å². The molecule has 2 nitrogen and oxygen atoms in total. The standard InChI is InChI=1S/C13H12FNOS/c14-12-8-16-5-4-13(12)6-10-9(7-15)2-1-3-11(10)17-13/h1-3,12H,4-6,8H2. The molecule has 0 radical (unpaired) electrons. The summed E-state index contributed by atoms with van der Waals surface area (Å²) in [5, 5.41) is 9.08. The van der Waals surface area contributed by atoms with Gasteiger partial charge in [-0.25, -0.2) is 4.39 Å². The predicted octanol–water partition coefficient (Wildman–Crippen LogP) is 2.70. The Balaban J connectivity index is 1.99. The summed E-state index contributed by atoms with van der Waals surface area (Å²) in [6.07, 6.45) is 0.430. The van der Waals surface area contributed by atoms with E-state index in [0.29, 0.717) is 18.6 Å². The Kier molecular flexibility index (Phi) is 2.61. The van der Waals surface area contributed by atoms with Gasteiger partial charge in [0, 0.05) is 11.5 Å². The summed E-state index contributed by atoms with van der Waals surface area (Å²) >= 11 is 1.59. The van der Waals surface area contributed by atoms with Crippen molar-refractivity contribution in [1.29, 1.82) is 5.26 Å². The maximum Gasteiger partial charge on any atom is 0.139 e. The zero-order chi connectivity index (χ0) is 11.9. The highest BCUT2D eigenvalue weighted by Crippen LogP contribution is 2.51. The van der Waals surface area contributed by atoms with Gasteiger partial charge in [-0.3, -0.25) is 0 Å². The SMILES string of the molecule is N#Cc1cccc2c1CC1(CCOCC1F)S2. The van der Waals surface area contributed by atoms with Crippen molar-refractivity contribution in [3.05, 3.63) is 29.3 Å². The fourth-order valence-corrected chi connectivity index (χ4v) is 4.04. The van der Waals surface area contributed by atoms with Crippen LogP contribution in [-0.4, -0.2) is 24.1 Å². The number of nitriles is 1. The number of nitrogens with zero attached hydrogens (tertiary/aromatic N) is 1. The zero-order valence-electron chi connectivity index (χ0n) is 9.28. The van der Waals surface area contributed by atoms with Crippen LogP contribution in [0.3, 0.4) is 0 Å². The second-order valence-corrected chi connectivity index (χ2v) is 5.99. The lowest BCUT2D eigenvalue weighted by Gasteiger charge is -2.35. The Labute approximate surface area is 104 Å². The quantitative estimate of drug-likeness (QED) is 0.708. The molecule has 4 heteroatoms. The lowest BCUT2D eigenvalue weighted by Crippen LogP contribution is -2.44. The third kappa shape index (κ3) is 1.65. The smallest absolute Gasteiger partial charge is 0.139 e. The lowest BCUT2D eigenvalue weighted by molar-refractivity contribution is 0.0133. The van der Waals surface area contributed by atoms with Gasteiger partial charge in [-0.15, -0.1) is 11.8 Å². The van der Waals surface area contributed by atoms with Crippen molar-refractivity contribution in [2.45, 2.75) is 28.7 Å². The van der Waals surface area contributed by atoms with Crippen LogP contribution >= 0.6 is 11.8 Å². The number of ether oxygens (including phenoxy) is 1. The van der Waals surface area contributed by atoms with Crippen LogP contribution in [0.5, 0.6) is 0 Å². The number of hydrogen-bond acceptors (Lipinski definition) is 3. The van der Waals surface area contributed by atoms with Crippen LogP contribution < -0.4 is 0 Å².